The number of halogens is 1. The largest absolute Gasteiger partial charge is 0.469 e. The van der Waals surface area contributed by atoms with Crippen molar-refractivity contribution in [3.8, 4) is 0 Å². The van der Waals surface area contributed by atoms with Crippen molar-refractivity contribution in [3.63, 3.8) is 0 Å². The van der Waals surface area contributed by atoms with Gasteiger partial charge in [0, 0.05) is 18.0 Å². The number of carbonyl (C=O) groups excluding carboxylic acids is 2. The van der Waals surface area contributed by atoms with Crippen LogP contribution >= 0.6 is 11.6 Å². The van der Waals surface area contributed by atoms with Gasteiger partial charge in [0.25, 0.3) is 0 Å². The van der Waals surface area contributed by atoms with E-state index >= 15 is 0 Å². The van der Waals surface area contributed by atoms with E-state index in [2.05, 4.69) is 10.1 Å². The zero-order valence-electron chi connectivity index (χ0n) is 11.4. The summed E-state index contributed by atoms with van der Waals surface area (Å²) in [7, 11) is 1.36. The van der Waals surface area contributed by atoms with E-state index in [1.165, 1.54) is 7.11 Å². The van der Waals surface area contributed by atoms with Gasteiger partial charge in [0.2, 0.25) is 5.91 Å². The summed E-state index contributed by atoms with van der Waals surface area (Å²) in [6.07, 6.45) is 2.63. The molecule has 0 saturated heterocycles. The fraction of sp³-hybridized carbons (Fsp3) is 0.467. The molecular weight excluding hydrogens is 278 g/mol. The highest BCUT2D eigenvalue weighted by atomic mass is 35.5. The van der Waals surface area contributed by atoms with Crippen LogP contribution in [0.2, 0.25) is 5.02 Å². The molecule has 4 nitrogen and oxygen atoms in total. The minimum Gasteiger partial charge on any atom is -0.469 e. The number of methoxy groups -OCH3 is 1. The molecule has 1 aliphatic rings. The average Bonchev–Trinajstić information content (AvgIpc) is 3.25. The lowest BCUT2D eigenvalue weighted by molar-refractivity contribution is -0.140. The van der Waals surface area contributed by atoms with E-state index in [0.717, 1.165) is 18.4 Å². The molecule has 0 atom stereocenters. The van der Waals surface area contributed by atoms with Crippen molar-refractivity contribution in [2.75, 3.05) is 13.7 Å². The maximum absolute atomic E-state index is 12.3. The van der Waals surface area contributed by atoms with Gasteiger partial charge in [0.05, 0.1) is 12.5 Å². The van der Waals surface area contributed by atoms with Crippen LogP contribution in [0.1, 0.15) is 31.2 Å². The summed E-state index contributed by atoms with van der Waals surface area (Å²) in [5.74, 6) is -0.220. The Morgan fingerprint density at radius 1 is 1.30 bits per heavy atom. The third-order valence-electron chi connectivity index (χ3n) is 3.65. The number of esters is 1. The molecule has 2 rings (SSSR count). The Balaban J connectivity index is 1.86. The molecule has 0 aromatic heterocycles. The number of rotatable bonds is 6. The van der Waals surface area contributed by atoms with E-state index in [1.54, 1.807) is 0 Å². The fourth-order valence-electron chi connectivity index (χ4n) is 2.25. The molecule has 1 aromatic carbocycles. The third-order valence-corrected chi connectivity index (χ3v) is 3.90. The minimum atomic E-state index is -0.393. The van der Waals surface area contributed by atoms with E-state index in [4.69, 9.17) is 11.6 Å². The van der Waals surface area contributed by atoms with Crippen molar-refractivity contribution in [2.24, 2.45) is 0 Å². The van der Waals surface area contributed by atoms with Gasteiger partial charge < -0.3 is 10.1 Å². The molecule has 1 N–H and O–H groups in total. The van der Waals surface area contributed by atoms with Crippen LogP contribution in [-0.4, -0.2) is 25.5 Å². The van der Waals surface area contributed by atoms with Crippen molar-refractivity contribution in [1.82, 2.24) is 5.32 Å². The average molecular weight is 296 g/mol. The first-order valence-corrected chi connectivity index (χ1v) is 7.07. The van der Waals surface area contributed by atoms with Crippen LogP contribution in [0.3, 0.4) is 0 Å². The lowest BCUT2D eigenvalue weighted by atomic mass is 9.95. The molecule has 0 unspecified atom stereocenters. The van der Waals surface area contributed by atoms with Gasteiger partial charge >= 0.3 is 5.97 Å². The Hall–Kier alpha value is -1.55. The highest BCUT2D eigenvalue weighted by molar-refractivity contribution is 6.30. The van der Waals surface area contributed by atoms with E-state index < -0.39 is 5.41 Å². The van der Waals surface area contributed by atoms with Crippen molar-refractivity contribution in [3.05, 3.63) is 34.9 Å². The van der Waals surface area contributed by atoms with Gasteiger partial charge in [0.1, 0.15) is 0 Å². The zero-order valence-corrected chi connectivity index (χ0v) is 12.2. The summed E-state index contributed by atoms with van der Waals surface area (Å²) in [4.78, 5) is 23.2. The predicted octanol–water partition coefficient (Wildman–Crippen LogP) is 2.44. The Bertz CT molecular complexity index is 494. The zero-order chi connectivity index (χ0) is 14.6. The highest BCUT2D eigenvalue weighted by Crippen LogP contribution is 2.48. The van der Waals surface area contributed by atoms with E-state index in [0.29, 0.717) is 24.4 Å². The molecule has 1 amide bonds. The Morgan fingerprint density at radius 3 is 2.50 bits per heavy atom. The summed E-state index contributed by atoms with van der Waals surface area (Å²) in [5, 5.41) is 3.57. The van der Waals surface area contributed by atoms with Gasteiger partial charge in [0.15, 0.2) is 0 Å². The predicted molar refractivity (Wildman–Crippen MR) is 76.6 cm³/mol. The molecule has 20 heavy (non-hydrogen) atoms. The minimum absolute atomic E-state index is 0.0321. The Kier molecular flexibility index (Phi) is 4.65. The standard InChI is InChI=1S/C15H18ClNO3/c1-20-13(18)3-2-10-17-14(19)15(8-9-15)11-4-6-12(16)7-5-11/h4-7H,2-3,8-10H2,1H3,(H,17,19). The Labute approximate surface area is 123 Å². The van der Waals surface area contributed by atoms with Crippen molar-refractivity contribution in [2.45, 2.75) is 31.1 Å². The van der Waals surface area contributed by atoms with Crippen molar-refractivity contribution in [1.29, 1.82) is 0 Å². The van der Waals surface area contributed by atoms with Crippen LogP contribution in [0.15, 0.2) is 24.3 Å². The molecule has 0 radical (unpaired) electrons. The van der Waals surface area contributed by atoms with Gasteiger partial charge in [-0.15, -0.1) is 0 Å². The summed E-state index contributed by atoms with van der Waals surface area (Å²) in [6.45, 7) is 0.489. The van der Waals surface area contributed by atoms with Crippen molar-refractivity contribution < 1.29 is 14.3 Å². The molecular formula is C15H18ClNO3. The second-order valence-electron chi connectivity index (χ2n) is 5.02. The highest BCUT2D eigenvalue weighted by Gasteiger charge is 2.50. The van der Waals surface area contributed by atoms with Crippen LogP contribution in [-0.2, 0) is 19.7 Å². The number of nitrogens with one attached hydrogen (secondary N) is 1. The molecule has 108 valence electrons. The Morgan fingerprint density at radius 2 is 1.95 bits per heavy atom. The molecule has 1 aliphatic carbocycles. The molecule has 1 aromatic rings. The number of hydrogen-bond acceptors (Lipinski definition) is 3. The number of carbonyl (C=O) groups is 2. The maximum Gasteiger partial charge on any atom is 0.305 e. The van der Waals surface area contributed by atoms with Gasteiger partial charge in [-0.05, 0) is 37.0 Å². The number of benzene rings is 1. The van der Waals surface area contributed by atoms with Crippen LogP contribution in [0.5, 0.6) is 0 Å². The number of hydrogen-bond donors (Lipinski definition) is 1. The fourth-order valence-corrected chi connectivity index (χ4v) is 2.37. The molecule has 0 bridgehead atoms. The third kappa shape index (κ3) is 3.31. The smallest absolute Gasteiger partial charge is 0.305 e. The number of ether oxygens (including phenoxy) is 1. The lowest BCUT2D eigenvalue weighted by Gasteiger charge is -2.15. The quantitative estimate of drug-likeness (QED) is 0.648. The summed E-state index contributed by atoms with van der Waals surface area (Å²) in [5.41, 5.74) is 0.614. The van der Waals surface area contributed by atoms with Crippen LogP contribution in [0, 0.1) is 0 Å². The molecule has 1 saturated carbocycles. The van der Waals surface area contributed by atoms with Crippen LogP contribution in [0.4, 0.5) is 0 Å². The first kappa shape index (κ1) is 14.9. The second kappa shape index (κ2) is 6.27. The van der Waals surface area contributed by atoms with Gasteiger partial charge in [-0.25, -0.2) is 0 Å². The molecule has 5 heteroatoms. The molecule has 0 aliphatic heterocycles. The van der Waals surface area contributed by atoms with Crippen LogP contribution in [0.25, 0.3) is 0 Å². The SMILES string of the molecule is COC(=O)CCCNC(=O)C1(c2ccc(Cl)cc2)CC1. The van der Waals surface area contributed by atoms with Crippen LogP contribution < -0.4 is 5.32 Å². The molecule has 1 fully saturated rings. The second-order valence-corrected chi connectivity index (χ2v) is 5.46. The maximum atomic E-state index is 12.3. The van der Waals surface area contributed by atoms with E-state index in [-0.39, 0.29) is 11.9 Å². The monoisotopic (exact) mass is 295 g/mol. The van der Waals surface area contributed by atoms with E-state index in [9.17, 15) is 9.59 Å². The lowest BCUT2D eigenvalue weighted by Crippen LogP contribution is -2.35. The molecule has 0 heterocycles. The van der Waals surface area contributed by atoms with Crippen molar-refractivity contribution >= 4 is 23.5 Å². The summed E-state index contributed by atoms with van der Waals surface area (Å²) < 4.78 is 4.55. The topological polar surface area (TPSA) is 55.4 Å². The van der Waals surface area contributed by atoms with E-state index in [1.807, 2.05) is 24.3 Å². The first-order chi connectivity index (χ1) is 9.58. The van der Waals surface area contributed by atoms with Gasteiger partial charge in [-0.1, -0.05) is 23.7 Å². The summed E-state index contributed by atoms with van der Waals surface area (Å²) in [6, 6.07) is 7.43. The van der Waals surface area contributed by atoms with Gasteiger partial charge in [-0.2, -0.15) is 0 Å². The molecule has 0 spiro atoms. The summed E-state index contributed by atoms with van der Waals surface area (Å²) >= 11 is 5.86. The van der Waals surface area contributed by atoms with Gasteiger partial charge in [-0.3, -0.25) is 9.59 Å². The normalized spacial score (nSPS) is 15.5. The first-order valence-electron chi connectivity index (χ1n) is 6.70. The number of amides is 1.